The van der Waals surface area contributed by atoms with Gasteiger partial charge in [-0.05, 0) is 119 Å². The van der Waals surface area contributed by atoms with Gasteiger partial charge < -0.3 is 15.0 Å². The number of alkyl carbamates (subject to hydrolysis) is 1. The van der Waals surface area contributed by atoms with Gasteiger partial charge in [-0.1, -0.05) is 36.4 Å². The van der Waals surface area contributed by atoms with Crippen molar-refractivity contribution < 1.29 is 23.5 Å². The zero-order valence-corrected chi connectivity index (χ0v) is 29.4. The molecule has 2 fully saturated rings. The third-order valence-corrected chi connectivity index (χ3v) is 9.74. The Morgan fingerprint density at radius 1 is 1.06 bits per heavy atom. The summed E-state index contributed by atoms with van der Waals surface area (Å²) in [4.78, 5) is 42.6. The van der Waals surface area contributed by atoms with Gasteiger partial charge in [-0.2, -0.15) is 5.10 Å². The number of amides is 3. The number of benzene rings is 2. The number of hydrogen-bond donors (Lipinski definition) is 2. The molecule has 2 atom stereocenters. The van der Waals surface area contributed by atoms with E-state index in [1.807, 2.05) is 64.2 Å². The molecular formula is C39H47FN6O4. The predicted molar refractivity (Wildman–Crippen MR) is 189 cm³/mol. The Kier molecular flexibility index (Phi) is 10.6. The number of likely N-dealkylation sites (tertiary alicyclic amines) is 1. The van der Waals surface area contributed by atoms with Crippen LogP contribution in [-0.4, -0.2) is 68.8 Å². The number of nitrogens with one attached hydrogen (secondary N) is 2. The van der Waals surface area contributed by atoms with Crippen LogP contribution in [0.15, 0.2) is 61.1 Å². The van der Waals surface area contributed by atoms with E-state index in [2.05, 4.69) is 43.8 Å². The molecule has 0 spiro atoms. The molecule has 2 aromatic carbocycles. The largest absolute Gasteiger partial charge is 0.444 e. The first-order valence-corrected chi connectivity index (χ1v) is 17.6. The Hall–Kier alpha value is -4.64. The Balaban J connectivity index is 0.987. The topological polar surface area (TPSA) is 118 Å². The third-order valence-electron chi connectivity index (χ3n) is 9.74. The van der Waals surface area contributed by atoms with E-state index in [4.69, 9.17) is 4.74 Å². The zero-order valence-electron chi connectivity index (χ0n) is 29.4. The molecule has 0 radical (unpaired) electrons. The lowest BCUT2D eigenvalue weighted by atomic mass is 9.86. The van der Waals surface area contributed by atoms with E-state index in [9.17, 15) is 14.4 Å². The maximum absolute atomic E-state index is 15.3. The van der Waals surface area contributed by atoms with Crippen LogP contribution in [0.25, 0.3) is 16.8 Å². The van der Waals surface area contributed by atoms with Crippen LogP contribution in [-0.2, 0) is 27.3 Å². The van der Waals surface area contributed by atoms with Gasteiger partial charge in [-0.25, -0.2) is 18.7 Å². The van der Waals surface area contributed by atoms with Crippen molar-refractivity contribution in [3.8, 4) is 11.3 Å². The van der Waals surface area contributed by atoms with Crippen LogP contribution in [0.5, 0.6) is 0 Å². The van der Waals surface area contributed by atoms with Crippen LogP contribution in [0.1, 0.15) is 92.5 Å². The maximum Gasteiger partial charge on any atom is 0.407 e. The molecule has 264 valence electrons. The smallest absolute Gasteiger partial charge is 0.407 e. The lowest BCUT2D eigenvalue weighted by Gasteiger charge is -2.33. The molecular weight excluding hydrogens is 635 g/mol. The van der Waals surface area contributed by atoms with Gasteiger partial charge in [0.15, 0.2) is 0 Å². The molecule has 2 aliphatic heterocycles. The molecule has 11 heteroatoms. The Bertz CT molecular complexity index is 1840. The van der Waals surface area contributed by atoms with Crippen LogP contribution in [0.3, 0.4) is 0 Å². The summed E-state index contributed by atoms with van der Waals surface area (Å²) in [6.07, 6.45) is 6.01. The number of carbonyl (C=O) groups is 3. The molecule has 50 heavy (non-hydrogen) atoms. The fourth-order valence-corrected chi connectivity index (χ4v) is 7.02. The number of aryl methyl sites for hydroxylation is 2. The quantitative estimate of drug-likeness (QED) is 0.186. The minimum Gasteiger partial charge on any atom is -0.444 e. The molecule has 0 saturated carbocycles. The second-order valence-corrected chi connectivity index (χ2v) is 14.7. The summed E-state index contributed by atoms with van der Waals surface area (Å²) in [5, 5.41) is 9.66. The molecule has 4 aromatic rings. The highest BCUT2D eigenvalue weighted by molar-refractivity contribution is 6.00. The summed E-state index contributed by atoms with van der Waals surface area (Å²) in [6.45, 7) is 9.99. The van der Waals surface area contributed by atoms with Crippen LogP contribution < -0.4 is 10.6 Å². The van der Waals surface area contributed by atoms with Crippen molar-refractivity contribution in [2.24, 2.45) is 0 Å². The van der Waals surface area contributed by atoms with E-state index in [1.165, 1.54) is 11.9 Å². The van der Waals surface area contributed by atoms with Crippen LogP contribution in [0.2, 0.25) is 0 Å². The van der Waals surface area contributed by atoms with Gasteiger partial charge in [-0.15, -0.1) is 0 Å². The predicted octanol–water partition coefficient (Wildman–Crippen LogP) is 6.40. The third kappa shape index (κ3) is 8.74. The summed E-state index contributed by atoms with van der Waals surface area (Å²) in [5.41, 5.74) is 7.28. The summed E-state index contributed by atoms with van der Waals surface area (Å²) >= 11 is 0. The summed E-state index contributed by atoms with van der Waals surface area (Å²) in [7, 11) is 0. The van der Waals surface area contributed by atoms with Crippen molar-refractivity contribution in [1.82, 2.24) is 30.1 Å². The van der Waals surface area contributed by atoms with E-state index in [1.54, 1.807) is 4.52 Å². The Morgan fingerprint density at radius 2 is 1.80 bits per heavy atom. The van der Waals surface area contributed by atoms with E-state index in [0.29, 0.717) is 44.7 Å². The summed E-state index contributed by atoms with van der Waals surface area (Å²) in [5.74, 6) is -0.265. The second kappa shape index (κ2) is 15.1. The average Bonchev–Trinajstić information content (AvgIpc) is 3.50. The van der Waals surface area contributed by atoms with Crippen molar-refractivity contribution >= 4 is 23.4 Å². The van der Waals surface area contributed by atoms with Gasteiger partial charge in [-0.3, -0.25) is 14.9 Å². The lowest BCUT2D eigenvalue weighted by molar-refractivity contribution is -0.134. The van der Waals surface area contributed by atoms with E-state index in [-0.39, 0.29) is 17.7 Å². The first-order chi connectivity index (χ1) is 23.9. The van der Waals surface area contributed by atoms with Crippen molar-refractivity contribution in [3.63, 3.8) is 0 Å². The number of imide groups is 1. The highest BCUT2D eigenvalue weighted by Crippen LogP contribution is 2.32. The number of piperidine rings is 2. The number of aromatic nitrogens is 3. The van der Waals surface area contributed by atoms with E-state index >= 15 is 4.39 Å². The van der Waals surface area contributed by atoms with Gasteiger partial charge in [0.25, 0.3) is 0 Å². The van der Waals surface area contributed by atoms with Crippen molar-refractivity contribution in [1.29, 1.82) is 0 Å². The molecule has 6 rings (SSSR count). The summed E-state index contributed by atoms with van der Waals surface area (Å²) < 4.78 is 22.4. The van der Waals surface area contributed by atoms with Crippen molar-refractivity contribution in [3.05, 3.63) is 88.9 Å². The van der Waals surface area contributed by atoms with Crippen molar-refractivity contribution in [2.45, 2.75) is 96.4 Å². The number of alkyl halides is 1. The minimum absolute atomic E-state index is 0.199. The zero-order chi connectivity index (χ0) is 35.4. The van der Waals surface area contributed by atoms with Gasteiger partial charge in [0, 0.05) is 31.3 Å². The number of halogens is 1. The van der Waals surface area contributed by atoms with Gasteiger partial charge in [0.05, 0.1) is 17.1 Å². The number of hydrogen-bond acceptors (Lipinski definition) is 7. The number of carbonyl (C=O) groups excluding carboxylic acids is 3. The van der Waals surface area contributed by atoms with Crippen molar-refractivity contribution in [2.75, 3.05) is 19.6 Å². The molecule has 0 aliphatic carbocycles. The first kappa shape index (κ1) is 35.2. The molecule has 2 N–H and O–H groups in total. The maximum atomic E-state index is 15.3. The molecule has 2 aliphatic rings. The normalized spacial score (nSPS) is 18.2. The molecule has 3 amide bonds. The molecule has 2 saturated heterocycles. The SMILES string of the molecule is Cc1cc(-c2ncnn3cc(CC[C@H](F)CN4CCC(c5ccc(C6CCC(=O)NC6=O)cc5)CC4)cc23)ccc1CNC(=O)OC(C)(C)C. The fourth-order valence-electron chi connectivity index (χ4n) is 7.02. The van der Waals surface area contributed by atoms with E-state index < -0.39 is 17.9 Å². The molecule has 0 bridgehead atoms. The minimum atomic E-state index is -0.933. The average molecular weight is 683 g/mol. The molecule has 1 unspecified atom stereocenters. The van der Waals surface area contributed by atoms with Crippen LogP contribution >= 0.6 is 0 Å². The van der Waals surface area contributed by atoms with Gasteiger partial charge in [0.2, 0.25) is 11.8 Å². The van der Waals surface area contributed by atoms with Crippen LogP contribution in [0, 0.1) is 6.92 Å². The lowest BCUT2D eigenvalue weighted by Crippen LogP contribution is -2.39. The Morgan fingerprint density at radius 3 is 2.50 bits per heavy atom. The molecule has 4 heterocycles. The first-order valence-electron chi connectivity index (χ1n) is 17.6. The standard InChI is InChI=1S/C39H47FN6O4/c1-25-19-30(10-11-31(25)21-41-38(49)50-39(2,3)4)36-34-20-26(22-46(34)43-24-42-36)5-12-32(40)23-45-17-15-28(16-18-45)27-6-8-29(9-7-27)33-13-14-35(47)44-37(33)48/h6-11,19-20,22,24,28,32-33H,5,12-18,21,23H2,1-4H3,(H,41,49)(H,44,47,48)/t32-,33?/m0/s1. The highest BCUT2D eigenvalue weighted by atomic mass is 19.1. The Labute approximate surface area is 292 Å². The van der Waals surface area contributed by atoms with Crippen LogP contribution in [0.4, 0.5) is 9.18 Å². The number of ether oxygens (including phenoxy) is 1. The fraction of sp³-hybridized carbons (Fsp3) is 0.462. The van der Waals surface area contributed by atoms with Gasteiger partial charge >= 0.3 is 6.09 Å². The number of nitrogens with zero attached hydrogens (tertiary/aromatic N) is 4. The molecule has 10 nitrogen and oxygen atoms in total. The van der Waals surface area contributed by atoms with Gasteiger partial charge in [0.1, 0.15) is 18.1 Å². The number of fused-ring (bicyclic) bond motifs is 1. The highest BCUT2D eigenvalue weighted by Gasteiger charge is 2.29. The monoisotopic (exact) mass is 682 g/mol. The molecule has 2 aromatic heterocycles. The second-order valence-electron chi connectivity index (χ2n) is 14.7. The number of rotatable bonds is 10. The summed E-state index contributed by atoms with van der Waals surface area (Å²) in [6, 6.07) is 16.3. The van der Waals surface area contributed by atoms with E-state index in [0.717, 1.165) is 65.0 Å².